The average Bonchev–Trinajstić information content (AvgIpc) is 3.38. The molecule has 1 saturated carbocycles. The first-order chi connectivity index (χ1) is 11.8. The fourth-order valence-corrected chi connectivity index (χ4v) is 4.33. The Morgan fingerprint density at radius 2 is 1.76 bits per heavy atom. The fourth-order valence-electron chi connectivity index (χ4n) is 3.02. The van der Waals surface area contributed by atoms with Crippen LogP contribution in [0.3, 0.4) is 0 Å². The summed E-state index contributed by atoms with van der Waals surface area (Å²) in [4.78, 5) is 25.6. The Kier molecular flexibility index (Phi) is 4.83. The molecule has 1 aliphatic carbocycles. The highest BCUT2D eigenvalue weighted by Gasteiger charge is 2.33. The summed E-state index contributed by atoms with van der Waals surface area (Å²) in [5.74, 6) is -1.71. The zero-order valence-electron chi connectivity index (χ0n) is 14.0. The molecule has 2 fully saturated rings. The molecule has 1 amide bonds. The normalized spacial score (nSPS) is 24.1. The largest absolute Gasteiger partial charge is 0.481 e. The number of nitrogens with zero attached hydrogens (tertiary/aromatic N) is 1. The van der Waals surface area contributed by atoms with E-state index in [1.807, 2.05) is 6.92 Å². The lowest BCUT2D eigenvalue weighted by Crippen LogP contribution is -2.47. The Morgan fingerprint density at radius 3 is 2.32 bits per heavy atom. The number of rotatable bonds is 5. The molecule has 2 atom stereocenters. The van der Waals surface area contributed by atoms with E-state index in [4.69, 9.17) is 0 Å². The van der Waals surface area contributed by atoms with Crippen LogP contribution in [0.4, 0.5) is 0 Å². The first-order valence-corrected chi connectivity index (χ1v) is 9.92. The topological polar surface area (TPSA) is 104 Å². The van der Waals surface area contributed by atoms with Gasteiger partial charge < -0.3 is 10.0 Å². The monoisotopic (exact) mass is 366 g/mol. The third-order valence-corrected chi connectivity index (χ3v) is 6.34. The predicted octanol–water partition coefficient (Wildman–Crippen LogP) is 1.45. The SMILES string of the molecule is CC1CCC(C(=O)O)CN1C(=O)c1ccc(S(=O)(=O)NC2CC2)cc1. The van der Waals surface area contributed by atoms with E-state index in [-0.39, 0.29) is 29.4 Å². The summed E-state index contributed by atoms with van der Waals surface area (Å²) in [6, 6.07) is 5.79. The summed E-state index contributed by atoms with van der Waals surface area (Å²) in [5.41, 5.74) is 0.364. The van der Waals surface area contributed by atoms with Crippen LogP contribution in [0, 0.1) is 5.92 Å². The molecule has 0 spiro atoms. The van der Waals surface area contributed by atoms with Crippen molar-refractivity contribution >= 4 is 21.9 Å². The Balaban J connectivity index is 1.74. The molecule has 0 radical (unpaired) electrons. The summed E-state index contributed by atoms with van der Waals surface area (Å²) in [7, 11) is -3.55. The van der Waals surface area contributed by atoms with Crippen LogP contribution in [-0.2, 0) is 14.8 Å². The van der Waals surface area contributed by atoms with Gasteiger partial charge in [0.2, 0.25) is 10.0 Å². The van der Waals surface area contributed by atoms with Crippen LogP contribution in [0.25, 0.3) is 0 Å². The van der Waals surface area contributed by atoms with Gasteiger partial charge in [0.15, 0.2) is 0 Å². The summed E-state index contributed by atoms with van der Waals surface area (Å²) >= 11 is 0. The van der Waals surface area contributed by atoms with Crippen molar-refractivity contribution in [2.24, 2.45) is 5.92 Å². The molecule has 1 aromatic carbocycles. The van der Waals surface area contributed by atoms with Crippen molar-refractivity contribution < 1.29 is 23.1 Å². The lowest BCUT2D eigenvalue weighted by atomic mass is 9.93. The van der Waals surface area contributed by atoms with E-state index in [2.05, 4.69) is 4.72 Å². The van der Waals surface area contributed by atoms with Crippen molar-refractivity contribution in [1.29, 1.82) is 0 Å². The minimum absolute atomic E-state index is 0.0217. The molecular weight excluding hydrogens is 344 g/mol. The molecule has 7 nitrogen and oxygen atoms in total. The lowest BCUT2D eigenvalue weighted by Gasteiger charge is -2.36. The Bertz CT molecular complexity index is 771. The second-order valence-electron chi connectivity index (χ2n) is 6.84. The average molecular weight is 366 g/mol. The van der Waals surface area contributed by atoms with Crippen molar-refractivity contribution in [3.05, 3.63) is 29.8 Å². The number of carbonyl (C=O) groups is 2. The number of carboxylic acids is 1. The van der Waals surface area contributed by atoms with Gasteiger partial charge in [-0.1, -0.05) is 0 Å². The number of benzene rings is 1. The van der Waals surface area contributed by atoms with Crippen molar-refractivity contribution in [3.63, 3.8) is 0 Å². The number of sulfonamides is 1. The molecule has 136 valence electrons. The van der Waals surface area contributed by atoms with Crippen molar-refractivity contribution in [2.45, 2.75) is 49.6 Å². The van der Waals surface area contributed by atoms with Gasteiger partial charge in [-0.05, 0) is 56.9 Å². The number of hydrogen-bond donors (Lipinski definition) is 2. The number of likely N-dealkylation sites (tertiary alicyclic amines) is 1. The van der Waals surface area contributed by atoms with Crippen molar-refractivity contribution in [1.82, 2.24) is 9.62 Å². The van der Waals surface area contributed by atoms with Gasteiger partial charge in [0.05, 0.1) is 10.8 Å². The van der Waals surface area contributed by atoms with Crippen LogP contribution in [-0.4, -0.2) is 48.9 Å². The van der Waals surface area contributed by atoms with Crippen molar-refractivity contribution in [2.75, 3.05) is 6.54 Å². The molecule has 2 N–H and O–H groups in total. The van der Waals surface area contributed by atoms with Crippen LogP contribution in [0.15, 0.2) is 29.2 Å². The van der Waals surface area contributed by atoms with Gasteiger partial charge in [-0.2, -0.15) is 0 Å². The lowest BCUT2D eigenvalue weighted by molar-refractivity contribution is -0.143. The maximum absolute atomic E-state index is 12.7. The predicted molar refractivity (Wildman–Crippen MR) is 90.6 cm³/mol. The van der Waals surface area contributed by atoms with Crippen LogP contribution >= 0.6 is 0 Å². The third-order valence-electron chi connectivity index (χ3n) is 4.80. The summed E-state index contributed by atoms with van der Waals surface area (Å²) in [5, 5.41) is 9.19. The first kappa shape index (κ1) is 17.9. The first-order valence-electron chi connectivity index (χ1n) is 8.44. The standard InChI is InChI=1S/C17H22N2O5S/c1-11-2-3-13(17(21)22)10-19(11)16(20)12-4-8-15(9-5-12)25(23,24)18-14-6-7-14/h4-5,8-9,11,13-14,18H,2-3,6-7,10H2,1H3,(H,21,22). The summed E-state index contributed by atoms with van der Waals surface area (Å²) < 4.78 is 26.9. The Hall–Kier alpha value is -1.93. The van der Waals surface area contributed by atoms with Gasteiger partial charge in [-0.25, -0.2) is 13.1 Å². The number of carbonyl (C=O) groups excluding carboxylic acids is 1. The Morgan fingerprint density at radius 1 is 1.12 bits per heavy atom. The van der Waals surface area contributed by atoms with E-state index in [9.17, 15) is 23.1 Å². The number of amides is 1. The second-order valence-corrected chi connectivity index (χ2v) is 8.55. The second kappa shape index (κ2) is 6.76. The molecule has 1 aromatic rings. The van der Waals surface area contributed by atoms with E-state index in [0.717, 1.165) is 12.8 Å². The minimum Gasteiger partial charge on any atom is -0.481 e. The highest BCUT2D eigenvalue weighted by molar-refractivity contribution is 7.89. The molecule has 2 unspecified atom stereocenters. The van der Waals surface area contributed by atoms with Crippen LogP contribution in [0.5, 0.6) is 0 Å². The fraction of sp³-hybridized carbons (Fsp3) is 0.529. The number of aliphatic carboxylic acids is 1. The van der Waals surface area contributed by atoms with Gasteiger partial charge in [0.25, 0.3) is 5.91 Å². The number of carboxylic acid groups (broad SMARTS) is 1. The summed E-state index contributed by atoms with van der Waals surface area (Å²) in [6.45, 7) is 2.08. The molecule has 3 rings (SSSR count). The molecule has 0 bridgehead atoms. The minimum atomic E-state index is -3.55. The van der Waals surface area contributed by atoms with Crippen LogP contribution in [0.1, 0.15) is 43.0 Å². The van der Waals surface area contributed by atoms with E-state index < -0.39 is 21.9 Å². The molecule has 1 aliphatic heterocycles. The highest BCUT2D eigenvalue weighted by Crippen LogP contribution is 2.25. The molecule has 1 heterocycles. The summed E-state index contributed by atoms with van der Waals surface area (Å²) in [6.07, 6.45) is 2.91. The zero-order valence-corrected chi connectivity index (χ0v) is 14.8. The highest BCUT2D eigenvalue weighted by atomic mass is 32.2. The molecular formula is C17H22N2O5S. The van der Waals surface area contributed by atoms with Crippen LogP contribution < -0.4 is 4.72 Å². The van der Waals surface area contributed by atoms with E-state index in [1.165, 1.54) is 24.3 Å². The zero-order chi connectivity index (χ0) is 18.2. The number of hydrogen-bond acceptors (Lipinski definition) is 4. The number of nitrogens with one attached hydrogen (secondary N) is 1. The smallest absolute Gasteiger partial charge is 0.308 e. The van der Waals surface area contributed by atoms with Gasteiger partial charge in [-0.15, -0.1) is 0 Å². The van der Waals surface area contributed by atoms with Gasteiger partial charge in [0.1, 0.15) is 0 Å². The quantitative estimate of drug-likeness (QED) is 0.821. The van der Waals surface area contributed by atoms with Crippen LogP contribution in [0.2, 0.25) is 0 Å². The van der Waals surface area contributed by atoms with E-state index >= 15 is 0 Å². The molecule has 8 heteroatoms. The van der Waals surface area contributed by atoms with E-state index in [0.29, 0.717) is 18.4 Å². The molecule has 0 aromatic heterocycles. The third kappa shape index (κ3) is 4.01. The van der Waals surface area contributed by atoms with E-state index in [1.54, 1.807) is 4.90 Å². The van der Waals surface area contributed by atoms with Crippen molar-refractivity contribution in [3.8, 4) is 0 Å². The van der Waals surface area contributed by atoms with Gasteiger partial charge >= 0.3 is 5.97 Å². The number of piperidine rings is 1. The van der Waals surface area contributed by atoms with Gasteiger partial charge in [-0.3, -0.25) is 9.59 Å². The maximum Gasteiger partial charge on any atom is 0.308 e. The molecule has 2 aliphatic rings. The van der Waals surface area contributed by atoms with Gasteiger partial charge in [0, 0.05) is 24.2 Å². The molecule has 1 saturated heterocycles. The molecule has 25 heavy (non-hydrogen) atoms. The Labute approximate surface area is 147 Å². The maximum atomic E-state index is 12.7.